The summed E-state index contributed by atoms with van der Waals surface area (Å²) in [4.78, 5) is 11.8. The van der Waals surface area contributed by atoms with Crippen LogP contribution in [0.5, 0.6) is 5.75 Å². The largest absolute Gasteiger partial charge is 0.491 e. The molecule has 1 aliphatic heterocycles. The van der Waals surface area contributed by atoms with Gasteiger partial charge >= 0.3 is 0 Å². The Bertz CT molecular complexity index is 414. The van der Waals surface area contributed by atoms with Crippen LogP contribution in [0.4, 0.5) is 0 Å². The van der Waals surface area contributed by atoms with Crippen LogP contribution >= 0.6 is 0 Å². The second kappa shape index (κ2) is 7.87. The molecule has 1 amide bonds. The van der Waals surface area contributed by atoms with Crippen molar-refractivity contribution in [3.05, 3.63) is 29.8 Å². The van der Waals surface area contributed by atoms with Crippen molar-refractivity contribution in [3.8, 4) is 5.75 Å². The highest BCUT2D eigenvalue weighted by molar-refractivity contribution is 5.94. The fourth-order valence-electron chi connectivity index (χ4n) is 2.07. The van der Waals surface area contributed by atoms with Crippen LogP contribution in [0.1, 0.15) is 23.2 Å². The van der Waals surface area contributed by atoms with Gasteiger partial charge in [0.05, 0.1) is 6.10 Å². The number of benzene rings is 1. The predicted octanol–water partition coefficient (Wildman–Crippen LogP) is 1.19. The molecule has 1 unspecified atom stereocenters. The molecule has 1 saturated heterocycles. The summed E-state index contributed by atoms with van der Waals surface area (Å²) in [5.41, 5.74) is 0.644. The highest BCUT2D eigenvalue weighted by atomic mass is 16.5. The van der Waals surface area contributed by atoms with Crippen molar-refractivity contribution in [2.24, 2.45) is 0 Å². The number of likely N-dealkylation sites (N-methyl/N-ethyl adjacent to an activating group) is 1. The molecule has 1 aliphatic rings. The van der Waals surface area contributed by atoms with E-state index in [1.165, 1.54) is 0 Å². The highest BCUT2D eigenvalue weighted by Crippen LogP contribution is 2.16. The maximum atomic E-state index is 11.8. The lowest BCUT2D eigenvalue weighted by Gasteiger charge is -2.11. The molecule has 1 aromatic carbocycles. The van der Waals surface area contributed by atoms with Crippen molar-refractivity contribution in [2.45, 2.75) is 18.9 Å². The van der Waals surface area contributed by atoms with E-state index in [2.05, 4.69) is 10.6 Å². The Morgan fingerprint density at radius 2 is 2.15 bits per heavy atom. The minimum absolute atomic E-state index is 0.0640. The lowest BCUT2D eigenvalue weighted by Crippen LogP contribution is -2.30. The van der Waals surface area contributed by atoms with Gasteiger partial charge in [-0.1, -0.05) is 0 Å². The van der Waals surface area contributed by atoms with E-state index >= 15 is 0 Å². The smallest absolute Gasteiger partial charge is 0.251 e. The van der Waals surface area contributed by atoms with Crippen LogP contribution < -0.4 is 15.4 Å². The summed E-state index contributed by atoms with van der Waals surface area (Å²) >= 11 is 0. The van der Waals surface area contributed by atoms with E-state index in [0.29, 0.717) is 18.7 Å². The number of rotatable bonds is 7. The summed E-state index contributed by atoms with van der Waals surface area (Å²) in [6.45, 7) is 2.79. The molecule has 0 saturated carbocycles. The normalized spacial score (nSPS) is 17.9. The fourth-order valence-corrected chi connectivity index (χ4v) is 2.07. The van der Waals surface area contributed by atoms with Gasteiger partial charge in [0.25, 0.3) is 5.91 Å². The Kier molecular flexibility index (Phi) is 5.83. The van der Waals surface area contributed by atoms with Crippen molar-refractivity contribution in [2.75, 3.05) is 33.4 Å². The van der Waals surface area contributed by atoms with E-state index in [1.807, 2.05) is 19.2 Å². The van der Waals surface area contributed by atoms with Gasteiger partial charge in [0.2, 0.25) is 0 Å². The number of carbonyl (C=O) groups is 1. The number of hydrogen-bond acceptors (Lipinski definition) is 4. The zero-order valence-corrected chi connectivity index (χ0v) is 11.9. The minimum atomic E-state index is -0.0640. The highest BCUT2D eigenvalue weighted by Gasteiger charge is 2.16. The van der Waals surface area contributed by atoms with Crippen molar-refractivity contribution in [3.63, 3.8) is 0 Å². The third-order valence-corrected chi connectivity index (χ3v) is 3.24. The number of ether oxygens (including phenoxy) is 2. The molecule has 0 aromatic heterocycles. The number of nitrogens with one attached hydrogen (secondary N) is 2. The van der Waals surface area contributed by atoms with Gasteiger partial charge in [-0.25, -0.2) is 0 Å². The average molecular weight is 278 g/mol. The van der Waals surface area contributed by atoms with Crippen molar-refractivity contribution >= 4 is 5.91 Å². The zero-order valence-electron chi connectivity index (χ0n) is 11.9. The lowest BCUT2D eigenvalue weighted by atomic mass is 10.2. The topological polar surface area (TPSA) is 59.6 Å². The molecule has 2 N–H and O–H groups in total. The summed E-state index contributed by atoms with van der Waals surface area (Å²) in [6.07, 6.45) is 2.38. The first-order chi connectivity index (χ1) is 9.79. The Morgan fingerprint density at radius 3 is 2.80 bits per heavy atom. The quantitative estimate of drug-likeness (QED) is 0.736. The van der Waals surface area contributed by atoms with E-state index in [0.717, 1.165) is 31.7 Å². The molecule has 5 nitrogen and oxygen atoms in total. The molecule has 1 fully saturated rings. The molecule has 2 rings (SSSR count). The molecule has 20 heavy (non-hydrogen) atoms. The summed E-state index contributed by atoms with van der Waals surface area (Å²) in [5, 5.41) is 5.81. The maximum Gasteiger partial charge on any atom is 0.251 e. The van der Waals surface area contributed by atoms with Crippen LogP contribution in [-0.4, -0.2) is 45.4 Å². The van der Waals surface area contributed by atoms with Gasteiger partial charge in [-0.2, -0.15) is 0 Å². The molecular formula is C15H22N2O3. The van der Waals surface area contributed by atoms with E-state index in [-0.39, 0.29) is 12.0 Å². The minimum Gasteiger partial charge on any atom is -0.491 e. The molecule has 5 heteroatoms. The first-order valence-corrected chi connectivity index (χ1v) is 7.07. The van der Waals surface area contributed by atoms with Gasteiger partial charge in [0, 0.05) is 25.3 Å². The van der Waals surface area contributed by atoms with Gasteiger partial charge in [-0.3, -0.25) is 4.79 Å². The van der Waals surface area contributed by atoms with Crippen LogP contribution in [0.2, 0.25) is 0 Å². The van der Waals surface area contributed by atoms with E-state index in [1.54, 1.807) is 12.1 Å². The average Bonchev–Trinajstić information content (AvgIpc) is 2.99. The van der Waals surface area contributed by atoms with Crippen molar-refractivity contribution in [1.29, 1.82) is 0 Å². The van der Waals surface area contributed by atoms with Gasteiger partial charge in [-0.05, 0) is 44.2 Å². The maximum absolute atomic E-state index is 11.8. The van der Waals surface area contributed by atoms with E-state index in [4.69, 9.17) is 9.47 Å². The Balaban J connectivity index is 1.78. The van der Waals surface area contributed by atoms with Crippen molar-refractivity contribution < 1.29 is 14.3 Å². The summed E-state index contributed by atoms with van der Waals surface area (Å²) in [7, 11) is 1.85. The standard InChI is InChI=1S/C15H22N2O3/c1-16-8-9-17-15(18)12-4-6-13(7-5-12)20-11-14-3-2-10-19-14/h4-7,14,16H,2-3,8-11H2,1H3,(H,17,18). The van der Waals surface area contributed by atoms with Crippen LogP contribution in [-0.2, 0) is 4.74 Å². The van der Waals surface area contributed by atoms with E-state index < -0.39 is 0 Å². The Hall–Kier alpha value is -1.59. The summed E-state index contributed by atoms with van der Waals surface area (Å²) in [6, 6.07) is 7.20. The lowest BCUT2D eigenvalue weighted by molar-refractivity contribution is 0.0679. The number of carbonyl (C=O) groups excluding carboxylic acids is 1. The van der Waals surface area contributed by atoms with Crippen LogP contribution in [0, 0.1) is 0 Å². The van der Waals surface area contributed by atoms with Gasteiger partial charge in [0.15, 0.2) is 0 Å². The predicted molar refractivity (Wildman–Crippen MR) is 77.2 cm³/mol. The zero-order chi connectivity index (χ0) is 14.2. The molecule has 0 aliphatic carbocycles. The molecule has 1 aromatic rings. The van der Waals surface area contributed by atoms with Crippen LogP contribution in [0.25, 0.3) is 0 Å². The molecule has 1 heterocycles. The monoisotopic (exact) mass is 278 g/mol. The Labute approximate surface area is 119 Å². The summed E-state index contributed by atoms with van der Waals surface area (Å²) in [5.74, 6) is 0.707. The summed E-state index contributed by atoms with van der Waals surface area (Å²) < 4.78 is 11.2. The Morgan fingerprint density at radius 1 is 1.35 bits per heavy atom. The van der Waals surface area contributed by atoms with Crippen LogP contribution in [0.3, 0.4) is 0 Å². The molecule has 1 atom stereocenters. The molecule has 0 spiro atoms. The third kappa shape index (κ3) is 4.51. The van der Waals surface area contributed by atoms with Gasteiger partial charge in [0.1, 0.15) is 12.4 Å². The number of amides is 1. The van der Waals surface area contributed by atoms with Gasteiger partial charge < -0.3 is 20.1 Å². The molecule has 0 bridgehead atoms. The van der Waals surface area contributed by atoms with Crippen LogP contribution in [0.15, 0.2) is 24.3 Å². The fraction of sp³-hybridized carbons (Fsp3) is 0.533. The first-order valence-electron chi connectivity index (χ1n) is 7.07. The molecule has 0 radical (unpaired) electrons. The SMILES string of the molecule is CNCCNC(=O)c1ccc(OCC2CCCO2)cc1. The van der Waals surface area contributed by atoms with E-state index in [9.17, 15) is 4.79 Å². The second-order valence-corrected chi connectivity index (χ2v) is 4.83. The molecular weight excluding hydrogens is 256 g/mol. The van der Waals surface area contributed by atoms with Crippen molar-refractivity contribution in [1.82, 2.24) is 10.6 Å². The second-order valence-electron chi connectivity index (χ2n) is 4.83. The van der Waals surface area contributed by atoms with Gasteiger partial charge in [-0.15, -0.1) is 0 Å². The molecule has 110 valence electrons. The first kappa shape index (κ1) is 14.8. The third-order valence-electron chi connectivity index (χ3n) is 3.24. The number of hydrogen-bond donors (Lipinski definition) is 2.